The molecule has 0 aliphatic carbocycles. The van der Waals surface area contributed by atoms with Crippen molar-refractivity contribution in [3.05, 3.63) is 29.3 Å². The van der Waals surface area contributed by atoms with Crippen molar-refractivity contribution in [1.82, 2.24) is 5.43 Å². The number of rotatable bonds is 7. The van der Waals surface area contributed by atoms with E-state index in [1.165, 1.54) is 0 Å². The first-order valence-electron chi connectivity index (χ1n) is 6.37. The number of benzene rings is 1. The van der Waals surface area contributed by atoms with Gasteiger partial charge in [0.2, 0.25) is 0 Å². The van der Waals surface area contributed by atoms with Crippen LogP contribution >= 0.6 is 11.6 Å². The topological polar surface area (TPSA) is 77.0 Å². The van der Waals surface area contributed by atoms with Gasteiger partial charge in [0, 0.05) is 10.7 Å². The van der Waals surface area contributed by atoms with Crippen LogP contribution in [0.15, 0.2) is 29.4 Å². The molecule has 114 valence electrons. The number of esters is 1. The molecule has 7 heteroatoms. The van der Waals surface area contributed by atoms with Crippen LogP contribution < -0.4 is 10.2 Å². The Morgan fingerprint density at radius 2 is 1.95 bits per heavy atom. The highest BCUT2D eigenvalue weighted by Crippen LogP contribution is 2.15. The average Bonchev–Trinajstić information content (AvgIpc) is 2.44. The summed E-state index contributed by atoms with van der Waals surface area (Å²) in [6.07, 6.45) is 0.0339. The number of hydrazone groups is 1. The predicted octanol–water partition coefficient (Wildman–Crippen LogP) is 2.16. The lowest BCUT2D eigenvalue weighted by atomic mass is 10.3. The lowest BCUT2D eigenvalue weighted by Crippen LogP contribution is -2.26. The van der Waals surface area contributed by atoms with Gasteiger partial charge in [-0.1, -0.05) is 11.6 Å². The number of hydrogen-bond donors (Lipinski definition) is 1. The van der Waals surface area contributed by atoms with E-state index in [0.717, 1.165) is 0 Å². The number of carbonyl (C=O) groups excluding carboxylic acids is 2. The Morgan fingerprint density at radius 3 is 2.57 bits per heavy atom. The molecule has 1 N–H and O–H groups in total. The third kappa shape index (κ3) is 7.31. The van der Waals surface area contributed by atoms with Crippen LogP contribution in [0.5, 0.6) is 5.75 Å². The summed E-state index contributed by atoms with van der Waals surface area (Å²) in [7, 11) is 0. The molecule has 1 rings (SSSR count). The van der Waals surface area contributed by atoms with Crippen LogP contribution in [0.4, 0.5) is 0 Å². The molecule has 0 saturated carbocycles. The van der Waals surface area contributed by atoms with Gasteiger partial charge in [-0.25, -0.2) is 5.43 Å². The number of carbonyl (C=O) groups is 2. The Kier molecular flexibility index (Phi) is 7.25. The van der Waals surface area contributed by atoms with Crippen molar-refractivity contribution < 1.29 is 19.1 Å². The number of nitrogens with one attached hydrogen (secondary N) is 1. The normalized spacial score (nSPS) is 10.9. The zero-order valence-electron chi connectivity index (χ0n) is 11.9. The molecule has 21 heavy (non-hydrogen) atoms. The molecule has 6 nitrogen and oxygen atoms in total. The molecule has 1 aromatic rings. The molecule has 0 aromatic heterocycles. The molecule has 0 saturated heterocycles. The monoisotopic (exact) mass is 312 g/mol. The molecule has 0 bridgehead atoms. The van der Waals surface area contributed by atoms with Gasteiger partial charge in [-0.3, -0.25) is 9.59 Å². The van der Waals surface area contributed by atoms with Crippen molar-refractivity contribution in [2.75, 3.05) is 13.2 Å². The highest BCUT2D eigenvalue weighted by molar-refractivity contribution is 6.30. The molecule has 0 spiro atoms. The SMILES string of the molecule is CCOC(=O)CC(C)=NNC(=O)COc1ccc(Cl)cc1. The summed E-state index contributed by atoms with van der Waals surface area (Å²) >= 11 is 5.73. The van der Waals surface area contributed by atoms with Gasteiger partial charge in [0.1, 0.15) is 5.75 Å². The fourth-order valence-corrected chi connectivity index (χ4v) is 1.46. The van der Waals surface area contributed by atoms with Gasteiger partial charge in [0.15, 0.2) is 6.61 Å². The lowest BCUT2D eigenvalue weighted by molar-refractivity contribution is -0.141. The van der Waals surface area contributed by atoms with E-state index >= 15 is 0 Å². The van der Waals surface area contributed by atoms with Crippen molar-refractivity contribution in [3.8, 4) is 5.75 Å². The fourth-order valence-electron chi connectivity index (χ4n) is 1.33. The highest BCUT2D eigenvalue weighted by Gasteiger charge is 2.06. The average molecular weight is 313 g/mol. The van der Waals surface area contributed by atoms with E-state index in [9.17, 15) is 9.59 Å². The summed E-state index contributed by atoms with van der Waals surface area (Å²) in [5.74, 6) is -0.277. The van der Waals surface area contributed by atoms with Crippen molar-refractivity contribution >= 4 is 29.2 Å². The van der Waals surface area contributed by atoms with Crippen LogP contribution in [0.2, 0.25) is 5.02 Å². The van der Waals surface area contributed by atoms with Crippen LogP contribution in [-0.2, 0) is 14.3 Å². The van der Waals surface area contributed by atoms with Crippen molar-refractivity contribution in [1.29, 1.82) is 0 Å². The fraction of sp³-hybridized carbons (Fsp3) is 0.357. The van der Waals surface area contributed by atoms with Gasteiger partial charge in [0.25, 0.3) is 5.91 Å². The zero-order chi connectivity index (χ0) is 15.7. The lowest BCUT2D eigenvalue weighted by Gasteiger charge is -2.05. The minimum Gasteiger partial charge on any atom is -0.484 e. The molecule has 0 atom stereocenters. The molecule has 0 unspecified atom stereocenters. The van der Waals surface area contributed by atoms with E-state index in [1.807, 2.05) is 0 Å². The van der Waals surface area contributed by atoms with Crippen molar-refractivity contribution in [3.63, 3.8) is 0 Å². The summed E-state index contributed by atoms with van der Waals surface area (Å²) in [4.78, 5) is 22.7. The van der Waals surface area contributed by atoms with E-state index in [1.54, 1.807) is 38.1 Å². The summed E-state index contributed by atoms with van der Waals surface area (Å²) in [5.41, 5.74) is 2.75. The first-order chi connectivity index (χ1) is 10.0. The van der Waals surface area contributed by atoms with E-state index < -0.39 is 5.91 Å². The van der Waals surface area contributed by atoms with E-state index in [0.29, 0.717) is 23.1 Å². The van der Waals surface area contributed by atoms with Crippen LogP contribution in [0.3, 0.4) is 0 Å². The van der Waals surface area contributed by atoms with Gasteiger partial charge < -0.3 is 9.47 Å². The summed E-state index contributed by atoms with van der Waals surface area (Å²) in [5, 5.41) is 4.38. The second kappa shape index (κ2) is 8.97. The second-order valence-corrected chi connectivity index (χ2v) is 4.54. The molecule has 0 aliphatic heterocycles. The third-order valence-corrected chi connectivity index (χ3v) is 2.51. The van der Waals surface area contributed by atoms with E-state index in [2.05, 4.69) is 10.5 Å². The van der Waals surface area contributed by atoms with Crippen LogP contribution in [0, 0.1) is 0 Å². The molecule has 0 fully saturated rings. The first kappa shape index (κ1) is 17.0. The summed E-state index contributed by atoms with van der Waals surface area (Å²) in [6.45, 7) is 3.47. The quantitative estimate of drug-likeness (QED) is 0.475. The summed E-state index contributed by atoms with van der Waals surface area (Å²) in [6, 6.07) is 6.64. The molecular weight excluding hydrogens is 296 g/mol. The number of ether oxygens (including phenoxy) is 2. The first-order valence-corrected chi connectivity index (χ1v) is 6.75. The molecule has 0 heterocycles. The van der Waals surface area contributed by atoms with Crippen LogP contribution in [0.1, 0.15) is 20.3 Å². The Morgan fingerprint density at radius 1 is 1.29 bits per heavy atom. The Balaban J connectivity index is 2.33. The Bertz CT molecular complexity index is 514. The number of amides is 1. The standard InChI is InChI=1S/C14H17ClN2O4/c1-3-20-14(19)8-10(2)16-17-13(18)9-21-12-6-4-11(15)5-7-12/h4-7H,3,8-9H2,1-2H3,(H,17,18). The molecule has 0 radical (unpaired) electrons. The Labute approximate surface area is 128 Å². The molecule has 1 aromatic carbocycles. The van der Waals surface area contributed by atoms with Gasteiger partial charge in [0.05, 0.1) is 13.0 Å². The number of nitrogens with zero attached hydrogens (tertiary/aromatic N) is 1. The molecule has 0 aliphatic rings. The minimum atomic E-state index is -0.423. The van der Waals surface area contributed by atoms with Gasteiger partial charge in [-0.2, -0.15) is 5.10 Å². The largest absolute Gasteiger partial charge is 0.484 e. The highest BCUT2D eigenvalue weighted by atomic mass is 35.5. The van der Waals surface area contributed by atoms with E-state index in [-0.39, 0.29) is 19.0 Å². The van der Waals surface area contributed by atoms with Gasteiger partial charge >= 0.3 is 5.97 Å². The molecule has 1 amide bonds. The smallest absolute Gasteiger partial charge is 0.311 e. The van der Waals surface area contributed by atoms with Crippen molar-refractivity contribution in [2.45, 2.75) is 20.3 Å². The minimum absolute atomic E-state index is 0.0339. The van der Waals surface area contributed by atoms with Gasteiger partial charge in [-0.05, 0) is 38.1 Å². The van der Waals surface area contributed by atoms with Crippen LogP contribution in [0.25, 0.3) is 0 Å². The zero-order valence-corrected chi connectivity index (χ0v) is 12.6. The second-order valence-electron chi connectivity index (χ2n) is 4.11. The third-order valence-electron chi connectivity index (χ3n) is 2.26. The van der Waals surface area contributed by atoms with Crippen LogP contribution in [-0.4, -0.2) is 30.8 Å². The van der Waals surface area contributed by atoms with E-state index in [4.69, 9.17) is 21.1 Å². The predicted molar refractivity (Wildman–Crippen MR) is 79.4 cm³/mol. The number of hydrogen-bond acceptors (Lipinski definition) is 5. The maximum Gasteiger partial charge on any atom is 0.311 e. The maximum atomic E-state index is 11.5. The van der Waals surface area contributed by atoms with Crippen molar-refractivity contribution in [2.24, 2.45) is 5.10 Å². The van der Waals surface area contributed by atoms with Gasteiger partial charge in [-0.15, -0.1) is 0 Å². The maximum absolute atomic E-state index is 11.5. The number of halogens is 1. The summed E-state index contributed by atoms with van der Waals surface area (Å²) < 4.78 is 10.0. The molecular formula is C14H17ClN2O4. The Hall–Kier alpha value is -2.08.